The fourth-order valence-corrected chi connectivity index (χ4v) is 11.7. The third kappa shape index (κ3) is 10.2. The van der Waals surface area contributed by atoms with Crippen molar-refractivity contribution in [2.45, 2.75) is 146 Å². The Morgan fingerprint density at radius 1 is 0.358 bits per heavy atom. The van der Waals surface area contributed by atoms with Crippen molar-refractivity contribution in [1.29, 1.82) is 0 Å². The second-order valence-electron chi connectivity index (χ2n) is 15.7. The van der Waals surface area contributed by atoms with E-state index in [1.54, 1.807) is 0 Å². The van der Waals surface area contributed by atoms with Gasteiger partial charge < -0.3 is 46.9 Å². The summed E-state index contributed by atoms with van der Waals surface area (Å²) < 4.78 is 0. The van der Waals surface area contributed by atoms with Crippen molar-refractivity contribution in [2.24, 2.45) is 68.7 Å². The van der Waals surface area contributed by atoms with Crippen LogP contribution in [-0.4, -0.2) is 49.3 Å². The van der Waals surface area contributed by atoms with Crippen LogP contribution in [0, 0.1) is 94.2 Å². The van der Waals surface area contributed by atoms with E-state index >= 15 is 0 Å². The van der Waals surface area contributed by atoms with E-state index < -0.39 is 0 Å². The molecule has 5 aliphatic heterocycles. The van der Waals surface area contributed by atoms with Gasteiger partial charge in [0.05, 0.1) is 43.2 Å². The minimum Gasteiger partial charge on any atom is -0.444 e. The fourth-order valence-electron chi connectivity index (χ4n) is 11.7. The summed E-state index contributed by atoms with van der Waals surface area (Å²) in [6.07, 6.45) is 26.4. The van der Waals surface area contributed by atoms with Gasteiger partial charge in [0.25, 0.3) is 0 Å². The molecule has 5 saturated heterocycles. The van der Waals surface area contributed by atoms with E-state index in [2.05, 4.69) is 49.0 Å². The molecule has 8 N–H and O–H groups in total. The molecule has 4 aliphatic carbocycles. The van der Waals surface area contributed by atoms with Crippen LogP contribution in [0.2, 0.25) is 0 Å². The first-order valence-electron chi connectivity index (χ1n) is 19.2. The van der Waals surface area contributed by atoms with Gasteiger partial charge in [0.2, 0.25) is 0 Å². The van der Waals surface area contributed by atoms with Gasteiger partial charge in [0, 0.05) is 25.6 Å². The van der Waals surface area contributed by atoms with Crippen LogP contribution in [-0.2, 0) is 19.5 Å². The van der Waals surface area contributed by atoms with E-state index in [-0.39, 0.29) is 19.5 Å². The number of hydrogen-bond acceptors (Lipinski definition) is 20. The molecule has 4 saturated carbocycles. The van der Waals surface area contributed by atoms with Crippen molar-refractivity contribution in [3.05, 3.63) is 46.9 Å². The van der Waals surface area contributed by atoms with Gasteiger partial charge in [-0.05, 0) is 80.0 Å². The molecule has 0 aromatic heterocycles. The Balaban J connectivity index is 0.000000431. The fraction of sp³-hybridized carbons (Fsp3) is 0.969. The van der Waals surface area contributed by atoms with Crippen LogP contribution in [0.1, 0.15) is 96.3 Å². The van der Waals surface area contributed by atoms with Gasteiger partial charge in [0.15, 0.2) is 0 Å². The quantitative estimate of drug-likeness (QED) is 0.0753. The molecule has 5 heterocycles. The summed E-state index contributed by atoms with van der Waals surface area (Å²) in [4.78, 5) is 32.0. The Morgan fingerprint density at radius 2 is 0.566 bits per heavy atom. The molecule has 20 nitrogen and oxygen atoms in total. The van der Waals surface area contributed by atoms with Crippen molar-refractivity contribution >= 4 is 0 Å². The van der Waals surface area contributed by atoms with E-state index in [0.29, 0.717) is 61.2 Å². The zero-order valence-corrected chi connectivity index (χ0v) is 33.2. The van der Waals surface area contributed by atoms with Gasteiger partial charge in [-0.15, -0.1) is 27.3 Å². The van der Waals surface area contributed by atoms with E-state index in [0.717, 1.165) is 56.9 Å². The van der Waals surface area contributed by atoms with Gasteiger partial charge in [-0.3, -0.25) is 42.5 Å². The van der Waals surface area contributed by atoms with E-state index in [1.807, 2.05) is 0 Å². The molecule has 53 heavy (non-hydrogen) atoms. The molecular weight excluding hydrogens is 746 g/mol. The zero-order valence-electron chi connectivity index (χ0n) is 30.2. The molecule has 0 amide bonds. The largest absolute Gasteiger partial charge is 0.444 e. The van der Waals surface area contributed by atoms with E-state index in [1.165, 1.54) is 96.3 Å². The van der Waals surface area contributed by atoms with Gasteiger partial charge in [0.1, 0.15) is 0 Å². The Labute approximate surface area is 322 Å². The minimum atomic E-state index is 0. The van der Waals surface area contributed by atoms with Crippen LogP contribution in [0.5, 0.6) is 0 Å². The Kier molecular flexibility index (Phi) is 18.0. The van der Waals surface area contributed by atoms with Gasteiger partial charge in [-0.1, -0.05) is 51.4 Å². The average Bonchev–Trinajstić information content (AvgIpc) is 3.89. The molecular formula is C32H55N12O8Zn-5. The molecule has 298 valence electrons. The summed E-state index contributed by atoms with van der Waals surface area (Å²) in [6.45, 7) is 0. The molecule has 0 aromatic rings. The third-order valence-corrected chi connectivity index (χ3v) is 13.6. The van der Waals surface area contributed by atoms with Crippen molar-refractivity contribution in [3.63, 3.8) is 0 Å². The topological polar surface area (TPSA) is 306 Å². The number of nitrogens with zero attached hydrogens (tertiary/aromatic N) is 4. The van der Waals surface area contributed by atoms with E-state index in [4.69, 9.17) is 40.5 Å². The molecule has 21 heteroatoms. The van der Waals surface area contributed by atoms with Crippen molar-refractivity contribution in [1.82, 2.24) is 42.5 Å². The predicted molar refractivity (Wildman–Crippen MR) is 194 cm³/mol. The van der Waals surface area contributed by atoms with Crippen LogP contribution >= 0.6 is 0 Å². The van der Waals surface area contributed by atoms with Crippen molar-refractivity contribution in [2.75, 3.05) is 0 Å². The monoisotopic (exact) mass is 799 g/mol. The maximum atomic E-state index is 8.00. The number of fused-ring (bicyclic) bond motifs is 20. The summed E-state index contributed by atoms with van der Waals surface area (Å²) in [6, 6.07) is 0. The first kappa shape index (κ1) is 43.6. The number of nitrogens with one attached hydrogen (secondary N) is 8. The molecule has 9 aliphatic rings. The molecule has 8 bridgehead atoms. The number of hydrogen-bond donors (Lipinski definition) is 8. The first-order valence-corrected chi connectivity index (χ1v) is 19.2. The molecule has 16 unspecified atom stereocenters. The average molecular weight is 801 g/mol. The maximum Gasteiger partial charge on any atom is 0.0628 e. The van der Waals surface area contributed by atoms with E-state index in [9.17, 15) is 0 Å². The predicted octanol–water partition coefficient (Wildman–Crippen LogP) is 3.42. The Hall–Kier alpha value is -2.10. The Morgan fingerprint density at radius 3 is 0.830 bits per heavy atom. The van der Waals surface area contributed by atoms with Crippen LogP contribution in [0.15, 0.2) is 21.4 Å². The maximum absolute atomic E-state index is 8.00. The molecule has 16 atom stereocenters. The molecule has 9 rings (SSSR count). The summed E-state index contributed by atoms with van der Waals surface area (Å²) in [5.74, 6) is 5.74. The summed E-state index contributed by atoms with van der Waals surface area (Å²) in [5, 5.41) is 69.7. The zero-order chi connectivity index (χ0) is 37.0. The van der Waals surface area contributed by atoms with Crippen molar-refractivity contribution in [3.8, 4) is 0 Å². The molecule has 9 fully saturated rings. The SMILES string of the molecule is O=N[O-].O=N[O-].O=N[O-].O=N[O-].[CH-]1CCCC2C3NC(NC4NC(NC5NC(NC6NC(N3)C3CCCCC63)C3CCCCC53)C3CCCCC43)C12.[Zn]. The standard InChI is InChI=1S/C32H55N8.4HNO2.Zn/c1-2-10-18-17(9-1)25-33-26(18)38-28-21-13-5-6-14-22(21)30(35-28)40-32-24-16-8-7-15-23(24)31(36-32)39-29-20-12-4-3-11-19(20)27(34-29)37-25;4*2-1-3;/h9,17-40H,1-8,10-16H2;4*(H,2,3);/q-1;;;;;/p-4. The second kappa shape index (κ2) is 21.9. The number of rotatable bonds is 0. The first-order chi connectivity index (χ1) is 25.5. The van der Waals surface area contributed by atoms with Gasteiger partial charge in [-0.2, -0.15) is 6.42 Å². The Bertz CT molecular complexity index is 910. The summed E-state index contributed by atoms with van der Waals surface area (Å²) in [7, 11) is 0. The third-order valence-electron chi connectivity index (χ3n) is 13.6. The second-order valence-corrected chi connectivity index (χ2v) is 15.7. The van der Waals surface area contributed by atoms with Gasteiger partial charge in [-0.25, -0.2) is 0 Å². The van der Waals surface area contributed by atoms with Crippen molar-refractivity contribution < 1.29 is 19.5 Å². The van der Waals surface area contributed by atoms with Crippen LogP contribution in [0.4, 0.5) is 0 Å². The van der Waals surface area contributed by atoms with Crippen LogP contribution in [0.25, 0.3) is 0 Å². The molecule has 0 radical (unpaired) electrons. The van der Waals surface area contributed by atoms with Crippen LogP contribution in [0.3, 0.4) is 0 Å². The molecule has 0 aromatic carbocycles. The normalized spacial score (nSPS) is 44.4. The molecule has 0 spiro atoms. The summed E-state index contributed by atoms with van der Waals surface area (Å²) in [5.41, 5.74) is 0. The summed E-state index contributed by atoms with van der Waals surface area (Å²) >= 11 is 0. The van der Waals surface area contributed by atoms with Gasteiger partial charge >= 0.3 is 0 Å². The van der Waals surface area contributed by atoms with Crippen LogP contribution < -0.4 is 42.5 Å². The minimum absolute atomic E-state index is 0. The smallest absolute Gasteiger partial charge is 0.0628 e.